The number of hydrogen-bond acceptors (Lipinski definition) is 4. The first-order valence-corrected chi connectivity index (χ1v) is 11.5. The SMILES string of the molecule is O=P(Sc1nc2ccccc2s1)(c1ccccc1)c1ccccc1. The van der Waals surface area contributed by atoms with E-state index in [1.807, 2.05) is 84.9 Å². The lowest BCUT2D eigenvalue weighted by Gasteiger charge is -2.17. The molecule has 118 valence electrons. The Hall–Kier alpha value is -1.87. The second-order valence-electron chi connectivity index (χ2n) is 5.26. The number of para-hydroxylation sites is 1. The molecule has 2 nitrogen and oxygen atoms in total. The Labute approximate surface area is 148 Å². The van der Waals surface area contributed by atoms with Gasteiger partial charge in [-0.05, 0) is 23.5 Å². The molecule has 4 rings (SSSR count). The van der Waals surface area contributed by atoms with Crippen LogP contribution in [0, 0.1) is 0 Å². The van der Waals surface area contributed by atoms with Crippen molar-refractivity contribution in [3.05, 3.63) is 84.9 Å². The lowest BCUT2D eigenvalue weighted by molar-refractivity contribution is 0.595. The summed E-state index contributed by atoms with van der Waals surface area (Å²) in [6.07, 6.45) is -2.84. The standard InChI is InChI=1S/C19H14NOPS2/c21-22(15-9-3-1-4-10-15,16-11-5-2-6-12-16)24-19-20-17-13-7-8-14-18(17)23-19/h1-14H. The van der Waals surface area contributed by atoms with E-state index < -0.39 is 6.34 Å². The Morgan fingerprint density at radius 3 is 1.88 bits per heavy atom. The van der Waals surface area contributed by atoms with Gasteiger partial charge in [-0.25, -0.2) is 4.98 Å². The first kappa shape index (κ1) is 15.6. The van der Waals surface area contributed by atoms with Crippen molar-refractivity contribution in [3.63, 3.8) is 0 Å². The molecule has 0 atom stereocenters. The van der Waals surface area contributed by atoms with Crippen molar-refractivity contribution < 1.29 is 4.57 Å². The summed E-state index contributed by atoms with van der Waals surface area (Å²) in [6.45, 7) is 0. The average molecular weight is 367 g/mol. The van der Waals surface area contributed by atoms with Gasteiger partial charge in [-0.15, -0.1) is 11.3 Å². The number of rotatable bonds is 4. The molecule has 0 aliphatic heterocycles. The summed E-state index contributed by atoms with van der Waals surface area (Å²) in [7, 11) is 0. The molecule has 1 aromatic heterocycles. The molecule has 0 spiro atoms. The lowest BCUT2D eigenvalue weighted by atomic mass is 10.3. The van der Waals surface area contributed by atoms with Crippen LogP contribution >= 0.6 is 29.1 Å². The van der Waals surface area contributed by atoms with Crippen LogP contribution in [-0.2, 0) is 4.57 Å². The molecule has 0 unspecified atom stereocenters. The van der Waals surface area contributed by atoms with Crippen LogP contribution in [0.1, 0.15) is 0 Å². The van der Waals surface area contributed by atoms with Crippen molar-refractivity contribution in [1.29, 1.82) is 0 Å². The zero-order valence-corrected chi connectivity index (χ0v) is 15.2. The van der Waals surface area contributed by atoms with Gasteiger partial charge < -0.3 is 4.57 Å². The zero-order chi connectivity index (χ0) is 16.4. The Morgan fingerprint density at radius 2 is 1.29 bits per heavy atom. The maximum atomic E-state index is 14.0. The normalized spacial score (nSPS) is 11.7. The molecule has 5 heteroatoms. The predicted octanol–water partition coefficient (Wildman–Crippen LogP) is 5.32. The number of aromatic nitrogens is 1. The fourth-order valence-electron chi connectivity index (χ4n) is 2.50. The van der Waals surface area contributed by atoms with E-state index in [2.05, 4.69) is 4.98 Å². The molecule has 0 radical (unpaired) electrons. The van der Waals surface area contributed by atoms with Crippen LogP contribution in [0.2, 0.25) is 0 Å². The third-order valence-electron chi connectivity index (χ3n) is 3.67. The first-order valence-electron chi connectivity index (χ1n) is 7.52. The number of hydrogen-bond donors (Lipinski definition) is 0. The minimum Gasteiger partial charge on any atom is -0.302 e. The fourth-order valence-corrected chi connectivity index (χ4v) is 9.04. The van der Waals surface area contributed by atoms with E-state index in [0.717, 1.165) is 25.2 Å². The molecule has 1 heterocycles. The van der Waals surface area contributed by atoms with Gasteiger partial charge in [0.2, 0.25) is 6.34 Å². The molecule has 0 amide bonds. The maximum Gasteiger partial charge on any atom is 0.201 e. The van der Waals surface area contributed by atoms with E-state index in [1.165, 1.54) is 11.4 Å². The van der Waals surface area contributed by atoms with E-state index >= 15 is 0 Å². The molecule has 4 aromatic rings. The fraction of sp³-hybridized carbons (Fsp3) is 0. The summed E-state index contributed by atoms with van der Waals surface area (Å²) in [6, 6.07) is 27.4. The molecule has 24 heavy (non-hydrogen) atoms. The van der Waals surface area contributed by atoms with Gasteiger partial charge in [-0.1, -0.05) is 72.8 Å². The van der Waals surface area contributed by atoms with Crippen molar-refractivity contribution >= 4 is 49.9 Å². The van der Waals surface area contributed by atoms with Gasteiger partial charge in [0.25, 0.3) is 0 Å². The van der Waals surface area contributed by atoms with Gasteiger partial charge in [-0.3, -0.25) is 0 Å². The van der Waals surface area contributed by atoms with Crippen LogP contribution in [0.25, 0.3) is 10.2 Å². The van der Waals surface area contributed by atoms with Gasteiger partial charge in [0, 0.05) is 10.6 Å². The third kappa shape index (κ3) is 2.93. The van der Waals surface area contributed by atoms with Crippen LogP contribution in [0.5, 0.6) is 0 Å². The highest BCUT2D eigenvalue weighted by molar-refractivity contribution is 8.62. The highest BCUT2D eigenvalue weighted by Gasteiger charge is 2.30. The van der Waals surface area contributed by atoms with Crippen molar-refractivity contribution in [1.82, 2.24) is 4.98 Å². The van der Waals surface area contributed by atoms with Crippen molar-refractivity contribution in [3.8, 4) is 0 Å². The van der Waals surface area contributed by atoms with Crippen LogP contribution in [0.3, 0.4) is 0 Å². The highest BCUT2D eigenvalue weighted by atomic mass is 32.7. The molecular weight excluding hydrogens is 353 g/mol. The molecule has 0 aliphatic carbocycles. The van der Waals surface area contributed by atoms with Crippen molar-refractivity contribution in [2.24, 2.45) is 0 Å². The summed E-state index contributed by atoms with van der Waals surface area (Å²) in [5, 5.41) is 1.70. The van der Waals surface area contributed by atoms with Crippen LogP contribution < -0.4 is 10.6 Å². The van der Waals surface area contributed by atoms with Gasteiger partial charge in [0.05, 0.1) is 10.2 Å². The minimum absolute atomic E-state index is 0.840. The second-order valence-corrected chi connectivity index (χ2v) is 11.3. The predicted molar refractivity (Wildman–Crippen MR) is 105 cm³/mol. The molecule has 0 saturated heterocycles. The smallest absolute Gasteiger partial charge is 0.201 e. The molecule has 0 bridgehead atoms. The lowest BCUT2D eigenvalue weighted by Crippen LogP contribution is -2.13. The van der Waals surface area contributed by atoms with Crippen LogP contribution in [0.15, 0.2) is 89.3 Å². The van der Waals surface area contributed by atoms with E-state index in [-0.39, 0.29) is 0 Å². The molecule has 0 aliphatic rings. The largest absolute Gasteiger partial charge is 0.302 e. The van der Waals surface area contributed by atoms with Gasteiger partial charge in [0.15, 0.2) is 4.34 Å². The molecule has 0 saturated carbocycles. The van der Waals surface area contributed by atoms with Crippen LogP contribution in [0.4, 0.5) is 0 Å². The molecule has 0 N–H and O–H groups in total. The highest BCUT2D eigenvalue weighted by Crippen LogP contribution is 2.60. The quantitative estimate of drug-likeness (QED) is 0.458. The summed E-state index contributed by atoms with van der Waals surface area (Å²) < 4.78 is 16.0. The molecule has 0 fully saturated rings. The Morgan fingerprint density at radius 1 is 0.750 bits per heavy atom. The summed E-state index contributed by atoms with van der Waals surface area (Å²) in [4.78, 5) is 4.66. The summed E-state index contributed by atoms with van der Waals surface area (Å²) in [5.41, 5.74) is 0.956. The molecule has 3 aromatic carbocycles. The number of benzene rings is 3. The summed E-state index contributed by atoms with van der Waals surface area (Å²) >= 11 is 2.98. The topological polar surface area (TPSA) is 30.0 Å². The van der Waals surface area contributed by atoms with Crippen molar-refractivity contribution in [2.75, 3.05) is 0 Å². The first-order chi connectivity index (χ1) is 11.8. The third-order valence-corrected chi connectivity index (χ3v) is 10.4. The van der Waals surface area contributed by atoms with E-state index in [0.29, 0.717) is 0 Å². The Kier molecular flexibility index (Phi) is 4.28. The number of fused-ring (bicyclic) bond motifs is 1. The van der Waals surface area contributed by atoms with Gasteiger partial charge >= 0.3 is 0 Å². The van der Waals surface area contributed by atoms with E-state index in [1.54, 1.807) is 11.3 Å². The maximum absolute atomic E-state index is 14.0. The zero-order valence-electron chi connectivity index (χ0n) is 12.7. The molecular formula is C19H14NOPS2. The van der Waals surface area contributed by atoms with Crippen molar-refractivity contribution in [2.45, 2.75) is 4.34 Å². The van der Waals surface area contributed by atoms with Gasteiger partial charge in [-0.2, -0.15) is 0 Å². The minimum atomic E-state index is -2.84. The number of thiazole rings is 1. The summed E-state index contributed by atoms with van der Waals surface area (Å²) in [5.74, 6) is 0. The van der Waals surface area contributed by atoms with Gasteiger partial charge in [0.1, 0.15) is 0 Å². The Balaban J connectivity index is 1.83. The second kappa shape index (κ2) is 6.56. The number of nitrogens with zero attached hydrogens (tertiary/aromatic N) is 1. The van der Waals surface area contributed by atoms with E-state index in [4.69, 9.17) is 0 Å². The Bertz CT molecular complexity index is 939. The average Bonchev–Trinajstić information content (AvgIpc) is 3.05. The van der Waals surface area contributed by atoms with Crippen LogP contribution in [-0.4, -0.2) is 4.98 Å². The van der Waals surface area contributed by atoms with E-state index in [9.17, 15) is 4.57 Å². The monoisotopic (exact) mass is 367 g/mol.